The van der Waals surface area contributed by atoms with Crippen LogP contribution < -0.4 is 5.32 Å². The molecule has 0 aromatic rings. The molecule has 1 rings (SSSR count). The maximum atomic E-state index is 5.26. The molecular weight excluding hydrogens is 260 g/mol. The highest BCUT2D eigenvalue weighted by Crippen LogP contribution is 2.40. The smallest absolute Gasteiger partial charge is 0.0589 e. The molecule has 3 unspecified atom stereocenters. The van der Waals surface area contributed by atoms with Crippen LogP contribution in [0.15, 0.2) is 0 Å². The van der Waals surface area contributed by atoms with Gasteiger partial charge in [-0.3, -0.25) is 0 Å². The Morgan fingerprint density at radius 2 is 1.90 bits per heavy atom. The molecular formula is C18H38N2O. The Morgan fingerprint density at radius 3 is 2.43 bits per heavy atom. The lowest BCUT2D eigenvalue weighted by Crippen LogP contribution is -2.47. The van der Waals surface area contributed by atoms with E-state index in [0.29, 0.717) is 11.5 Å². The van der Waals surface area contributed by atoms with Gasteiger partial charge < -0.3 is 15.0 Å². The molecule has 1 N–H and O–H groups in total. The summed E-state index contributed by atoms with van der Waals surface area (Å²) in [5, 5.41) is 3.73. The zero-order valence-corrected chi connectivity index (χ0v) is 15.2. The summed E-state index contributed by atoms with van der Waals surface area (Å²) in [5.41, 5.74) is 0.443. The quantitative estimate of drug-likeness (QED) is 0.743. The first kappa shape index (κ1) is 18.9. The molecule has 3 nitrogen and oxygen atoms in total. The van der Waals surface area contributed by atoms with Crippen molar-refractivity contribution in [3.05, 3.63) is 0 Å². The molecule has 0 saturated heterocycles. The van der Waals surface area contributed by atoms with Gasteiger partial charge in [0.25, 0.3) is 0 Å². The lowest BCUT2D eigenvalue weighted by atomic mass is 9.67. The van der Waals surface area contributed by atoms with Gasteiger partial charge in [0.2, 0.25) is 0 Å². The second kappa shape index (κ2) is 9.12. The summed E-state index contributed by atoms with van der Waals surface area (Å²) in [5.74, 6) is 1.64. The molecule has 1 aliphatic rings. The first-order valence-electron chi connectivity index (χ1n) is 8.87. The zero-order chi connectivity index (χ0) is 15.9. The van der Waals surface area contributed by atoms with Gasteiger partial charge in [-0.15, -0.1) is 0 Å². The average molecular weight is 299 g/mol. The number of hydrogen-bond acceptors (Lipinski definition) is 3. The molecule has 0 heterocycles. The standard InChI is InChI=1S/C18H38N2O/c1-7-19-17-10-9-16(18(3,4)5)13-15(17)14-20(8-2)11-12-21-6/h15-17,19H,7-14H2,1-6H3. The predicted molar refractivity (Wildman–Crippen MR) is 91.7 cm³/mol. The molecule has 3 atom stereocenters. The molecule has 21 heavy (non-hydrogen) atoms. The molecule has 0 aliphatic heterocycles. The van der Waals surface area contributed by atoms with Gasteiger partial charge in [0.05, 0.1) is 6.61 Å². The monoisotopic (exact) mass is 298 g/mol. The second-order valence-electron chi connectivity index (χ2n) is 7.69. The first-order chi connectivity index (χ1) is 9.92. The minimum Gasteiger partial charge on any atom is -0.383 e. The van der Waals surface area contributed by atoms with Crippen molar-refractivity contribution >= 4 is 0 Å². The fourth-order valence-electron chi connectivity index (χ4n) is 3.71. The van der Waals surface area contributed by atoms with Crippen molar-refractivity contribution < 1.29 is 4.74 Å². The fraction of sp³-hybridized carbons (Fsp3) is 1.00. The minimum atomic E-state index is 0.443. The number of rotatable bonds is 8. The zero-order valence-electron chi connectivity index (χ0n) is 15.2. The van der Waals surface area contributed by atoms with Crippen LogP contribution in [-0.4, -0.2) is 50.8 Å². The molecule has 126 valence electrons. The molecule has 0 aromatic heterocycles. The van der Waals surface area contributed by atoms with Crippen LogP contribution in [0.5, 0.6) is 0 Å². The van der Waals surface area contributed by atoms with Crippen molar-refractivity contribution in [1.29, 1.82) is 0 Å². The van der Waals surface area contributed by atoms with Crippen molar-refractivity contribution in [3.8, 4) is 0 Å². The summed E-state index contributed by atoms with van der Waals surface area (Å²) in [6, 6.07) is 0.699. The number of ether oxygens (including phenoxy) is 1. The van der Waals surface area contributed by atoms with Crippen LogP contribution in [-0.2, 0) is 4.74 Å². The van der Waals surface area contributed by atoms with E-state index in [2.05, 4.69) is 44.8 Å². The van der Waals surface area contributed by atoms with Crippen molar-refractivity contribution in [2.45, 2.75) is 59.9 Å². The van der Waals surface area contributed by atoms with Crippen molar-refractivity contribution in [2.75, 3.05) is 39.9 Å². The normalized spacial score (nSPS) is 27.3. The molecule has 0 spiro atoms. The maximum absolute atomic E-state index is 5.26. The van der Waals surface area contributed by atoms with E-state index >= 15 is 0 Å². The second-order valence-corrected chi connectivity index (χ2v) is 7.69. The molecule has 0 amide bonds. The number of likely N-dealkylation sites (N-methyl/N-ethyl adjacent to an activating group) is 1. The van der Waals surface area contributed by atoms with Gasteiger partial charge >= 0.3 is 0 Å². The average Bonchev–Trinajstić information content (AvgIpc) is 2.44. The van der Waals surface area contributed by atoms with E-state index in [1.165, 1.54) is 25.8 Å². The Balaban J connectivity index is 2.65. The molecule has 0 bridgehead atoms. The van der Waals surface area contributed by atoms with Crippen LogP contribution in [0, 0.1) is 17.3 Å². The molecule has 3 heteroatoms. The Hall–Kier alpha value is -0.120. The van der Waals surface area contributed by atoms with Crippen molar-refractivity contribution in [1.82, 2.24) is 10.2 Å². The first-order valence-corrected chi connectivity index (χ1v) is 8.87. The molecule has 1 aliphatic carbocycles. The van der Waals surface area contributed by atoms with E-state index in [1.807, 2.05) is 0 Å². The molecule has 1 saturated carbocycles. The molecule has 1 fully saturated rings. The Morgan fingerprint density at radius 1 is 1.19 bits per heavy atom. The molecule has 0 aromatic carbocycles. The third-order valence-corrected chi connectivity index (χ3v) is 5.23. The lowest BCUT2D eigenvalue weighted by Gasteiger charge is -2.43. The number of nitrogens with zero attached hydrogens (tertiary/aromatic N) is 1. The highest BCUT2D eigenvalue weighted by Gasteiger charge is 2.35. The van der Waals surface area contributed by atoms with E-state index in [9.17, 15) is 0 Å². The summed E-state index contributed by atoms with van der Waals surface area (Å²) in [6.07, 6.45) is 4.08. The summed E-state index contributed by atoms with van der Waals surface area (Å²) in [7, 11) is 1.80. The Bertz CT molecular complexity index is 275. The van der Waals surface area contributed by atoms with Gasteiger partial charge in [-0.2, -0.15) is 0 Å². The highest BCUT2D eigenvalue weighted by atomic mass is 16.5. The van der Waals surface area contributed by atoms with Crippen LogP contribution in [0.2, 0.25) is 0 Å². The summed E-state index contributed by atoms with van der Waals surface area (Å²) in [4.78, 5) is 2.56. The number of hydrogen-bond donors (Lipinski definition) is 1. The topological polar surface area (TPSA) is 24.5 Å². The third-order valence-electron chi connectivity index (χ3n) is 5.23. The number of methoxy groups -OCH3 is 1. The van der Waals surface area contributed by atoms with Gasteiger partial charge in [0, 0.05) is 26.2 Å². The van der Waals surface area contributed by atoms with Crippen molar-refractivity contribution in [3.63, 3.8) is 0 Å². The van der Waals surface area contributed by atoms with Crippen LogP contribution in [0.1, 0.15) is 53.9 Å². The van der Waals surface area contributed by atoms with Gasteiger partial charge in [-0.05, 0) is 49.6 Å². The maximum Gasteiger partial charge on any atom is 0.0589 e. The summed E-state index contributed by atoms with van der Waals surface area (Å²) in [6.45, 7) is 17.0. The largest absolute Gasteiger partial charge is 0.383 e. The van der Waals surface area contributed by atoms with Crippen LogP contribution in [0.3, 0.4) is 0 Å². The summed E-state index contributed by atoms with van der Waals surface area (Å²) >= 11 is 0. The van der Waals surface area contributed by atoms with Gasteiger partial charge in [0.1, 0.15) is 0 Å². The highest BCUT2D eigenvalue weighted by molar-refractivity contribution is 4.90. The Labute approximate surface area is 132 Å². The van der Waals surface area contributed by atoms with Crippen LogP contribution in [0.4, 0.5) is 0 Å². The van der Waals surface area contributed by atoms with Crippen LogP contribution in [0.25, 0.3) is 0 Å². The van der Waals surface area contributed by atoms with Gasteiger partial charge in [0.15, 0.2) is 0 Å². The third kappa shape index (κ3) is 6.25. The minimum absolute atomic E-state index is 0.443. The fourth-order valence-corrected chi connectivity index (χ4v) is 3.71. The molecule has 0 radical (unpaired) electrons. The lowest BCUT2D eigenvalue weighted by molar-refractivity contribution is 0.0780. The predicted octanol–water partition coefficient (Wildman–Crippen LogP) is 3.40. The van der Waals surface area contributed by atoms with Crippen molar-refractivity contribution in [2.24, 2.45) is 17.3 Å². The van der Waals surface area contributed by atoms with E-state index in [4.69, 9.17) is 4.74 Å². The Kier molecular flexibility index (Phi) is 8.22. The SMILES string of the molecule is CCNC1CCC(C(C)(C)C)CC1CN(CC)CCOC. The van der Waals surface area contributed by atoms with Gasteiger partial charge in [-0.25, -0.2) is 0 Å². The van der Waals surface area contributed by atoms with E-state index in [1.54, 1.807) is 7.11 Å². The van der Waals surface area contributed by atoms with E-state index in [0.717, 1.165) is 38.1 Å². The van der Waals surface area contributed by atoms with E-state index in [-0.39, 0.29) is 0 Å². The van der Waals surface area contributed by atoms with E-state index < -0.39 is 0 Å². The van der Waals surface area contributed by atoms with Gasteiger partial charge in [-0.1, -0.05) is 34.6 Å². The number of nitrogens with one attached hydrogen (secondary N) is 1. The summed E-state index contributed by atoms with van der Waals surface area (Å²) < 4.78 is 5.26. The van der Waals surface area contributed by atoms with Crippen LogP contribution >= 0.6 is 0 Å².